The summed E-state index contributed by atoms with van der Waals surface area (Å²) in [5, 5.41) is 13.6. The molecule has 0 unspecified atom stereocenters. The molecule has 0 atom stereocenters. The SMILES string of the molecule is Oc1ccccc1-c1nc2c(-c3[c-]c(-c4cc(-c5ccc(-c6ccccc6)cc5)ccn4)c4c(c3)c3ccccc3n4-c3ccccc3)cccc2n1-c1ccccc1-c1ccccc1.[Pt]. The fourth-order valence-corrected chi connectivity index (χ4v) is 9.37. The number of rotatable bonds is 8. The van der Waals surface area contributed by atoms with Crippen molar-refractivity contribution in [2.24, 2.45) is 0 Å². The third-order valence-corrected chi connectivity index (χ3v) is 12.4. The van der Waals surface area contributed by atoms with Gasteiger partial charge >= 0.3 is 0 Å². The van der Waals surface area contributed by atoms with Gasteiger partial charge in [0.15, 0.2) is 0 Å². The molecule has 0 saturated heterocycles. The normalized spacial score (nSPS) is 11.3. The van der Waals surface area contributed by atoms with Crippen LogP contribution in [0.4, 0.5) is 0 Å². The summed E-state index contributed by atoms with van der Waals surface area (Å²) >= 11 is 0. The molecule has 316 valence electrons. The van der Waals surface area contributed by atoms with Crippen LogP contribution in [0.5, 0.6) is 5.75 Å². The number of phenols is 1. The van der Waals surface area contributed by atoms with E-state index in [0.717, 1.165) is 88.9 Å². The van der Waals surface area contributed by atoms with Crippen molar-refractivity contribution in [3.63, 3.8) is 0 Å². The molecule has 5 nitrogen and oxygen atoms in total. The van der Waals surface area contributed by atoms with Gasteiger partial charge in [-0.05, 0) is 87.3 Å². The number of hydrogen-bond acceptors (Lipinski definition) is 3. The van der Waals surface area contributed by atoms with Crippen molar-refractivity contribution in [3.05, 3.63) is 237 Å². The van der Waals surface area contributed by atoms with Gasteiger partial charge in [0.1, 0.15) is 11.6 Å². The monoisotopic (exact) mass is 1030 g/mol. The van der Waals surface area contributed by atoms with E-state index in [1.807, 2.05) is 36.5 Å². The molecular formula is C60H39N4OPt-. The zero-order chi connectivity index (χ0) is 43.3. The predicted molar refractivity (Wildman–Crippen MR) is 266 cm³/mol. The molecule has 0 saturated carbocycles. The van der Waals surface area contributed by atoms with Gasteiger partial charge < -0.3 is 9.67 Å². The van der Waals surface area contributed by atoms with Gasteiger partial charge in [0, 0.05) is 49.7 Å². The largest absolute Gasteiger partial charge is 0.507 e. The Balaban J connectivity index is 0.00000481. The summed E-state index contributed by atoms with van der Waals surface area (Å²) < 4.78 is 4.53. The predicted octanol–water partition coefficient (Wildman–Crippen LogP) is 15.0. The van der Waals surface area contributed by atoms with Crippen LogP contribution in [0.3, 0.4) is 0 Å². The van der Waals surface area contributed by atoms with E-state index >= 15 is 0 Å². The van der Waals surface area contributed by atoms with E-state index in [1.54, 1.807) is 6.07 Å². The molecule has 0 fully saturated rings. The molecule has 0 amide bonds. The number of phenolic OH excluding ortho intramolecular Hbond substituents is 1. The van der Waals surface area contributed by atoms with E-state index < -0.39 is 0 Å². The summed E-state index contributed by atoms with van der Waals surface area (Å²) in [6, 6.07) is 81.4. The average molecular weight is 1030 g/mol. The number of hydrogen-bond donors (Lipinski definition) is 1. The Morgan fingerprint density at radius 3 is 1.79 bits per heavy atom. The Kier molecular flexibility index (Phi) is 10.5. The topological polar surface area (TPSA) is 55.9 Å². The van der Waals surface area contributed by atoms with Gasteiger partial charge in [-0.25, -0.2) is 4.98 Å². The molecule has 9 aromatic carbocycles. The molecule has 0 bridgehead atoms. The second kappa shape index (κ2) is 17.1. The molecule has 1 N–H and O–H groups in total. The molecule has 0 radical (unpaired) electrons. The fraction of sp³-hybridized carbons (Fsp3) is 0. The third kappa shape index (κ3) is 7.02. The van der Waals surface area contributed by atoms with Crippen LogP contribution in [0.2, 0.25) is 0 Å². The standard InChI is InChI=1S/C60H39N4O.Pt/c65-57-30-15-12-25-50(57)60-62-58-48(26-16-29-56(58)64(60)54-27-13-10-23-47(54)43-19-6-2-7-20-43)45-37-51-49-24-11-14-28-55(49)63(46-21-8-3-9-22-46)59(51)52(38-45)53-39-44(35-36-61-53)42-33-31-41(32-34-42)40-17-4-1-5-18-40;/h1-37,39,65H;/q-1;. The maximum atomic E-state index is 11.4. The first-order valence-corrected chi connectivity index (χ1v) is 21.8. The zero-order valence-corrected chi connectivity index (χ0v) is 37.8. The summed E-state index contributed by atoms with van der Waals surface area (Å²) in [7, 11) is 0. The van der Waals surface area contributed by atoms with Gasteiger partial charge in [-0.3, -0.25) is 9.55 Å². The van der Waals surface area contributed by atoms with Crippen molar-refractivity contribution in [2.45, 2.75) is 0 Å². The van der Waals surface area contributed by atoms with Gasteiger partial charge in [-0.15, -0.1) is 17.7 Å². The maximum Gasteiger partial charge on any atom is 0.148 e. The van der Waals surface area contributed by atoms with E-state index in [0.29, 0.717) is 11.4 Å². The Hall–Kier alpha value is -8.11. The summed E-state index contributed by atoms with van der Waals surface area (Å²) in [6.45, 7) is 0. The summed E-state index contributed by atoms with van der Waals surface area (Å²) in [5.41, 5.74) is 16.6. The summed E-state index contributed by atoms with van der Waals surface area (Å²) in [6.07, 6.45) is 1.91. The molecule has 66 heavy (non-hydrogen) atoms. The Bertz CT molecular complexity index is 3710. The summed E-state index contributed by atoms with van der Waals surface area (Å²) in [4.78, 5) is 10.6. The van der Waals surface area contributed by atoms with Gasteiger partial charge in [0.25, 0.3) is 0 Å². The molecule has 12 aromatic rings. The number of benzene rings is 9. The average Bonchev–Trinajstić information content (AvgIpc) is 3.93. The zero-order valence-electron chi connectivity index (χ0n) is 35.5. The van der Waals surface area contributed by atoms with Crippen molar-refractivity contribution >= 4 is 32.8 Å². The van der Waals surface area contributed by atoms with Crippen molar-refractivity contribution in [1.29, 1.82) is 0 Å². The first-order chi connectivity index (χ1) is 32.2. The number of para-hydroxylation sites is 5. The van der Waals surface area contributed by atoms with Crippen LogP contribution in [0.15, 0.2) is 231 Å². The van der Waals surface area contributed by atoms with Crippen LogP contribution in [0, 0.1) is 6.07 Å². The number of nitrogens with zero attached hydrogens (tertiary/aromatic N) is 4. The molecule has 0 aliphatic heterocycles. The van der Waals surface area contributed by atoms with Gasteiger partial charge in [-0.2, -0.15) is 0 Å². The van der Waals surface area contributed by atoms with Crippen molar-refractivity contribution in [2.75, 3.05) is 0 Å². The first kappa shape index (κ1) is 40.6. The van der Waals surface area contributed by atoms with Crippen LogP contribution in [-0.4, -0.2) is 24.2 Å². The molecule has 0 aliphatic rings. The number of pyridine rings is 1. The minimum atomic E-state index is 0. The minimum Gasteiger partial charge on any atom is -0.507 e. The van der Waals surface area contributed by atoms with Gasteiger partial charge in [0.05, 0.1) is 22.3 Å². The Labute approximate surface area is 396 Å². The number of aromatic hydroxyl groups is 1. The number of fused-ring (bicyclic) bond motifs is 4. The molecule has 12 rings (SSSR count). The van der Waals surface area contributed by atoms with E-state index in [4.69, 9.17) is 9.97 Å². The third-order valence-electron chi connectivity index (χ3n) is 12.4. The van der Waals surface area contributed by atoms with E-state index in [9.17, 15) is 5.11 Å². The van der Waals surface area contributed by atoms with Crippen LogP contribution < -0.4 is 0 Å². The maximum absolute atomic E-state index is 11.4. The van der Waals surface area contributed by atoms with Crippen LogP contribution in [-0.2, 0) is 21.1 Å². The number of imidazole rings is 1. The van der Waals surface area contributed by atoms with Crippen LogP contribution >= 0.6 is 0 Å². The van der Waals surface area contributed by atoms with E-state index in [1.165, 1.54) is 11.1 Å². The second-order valence-electron chi connectivity index (χ2n) is 16.2. The molecular weight excluding hydrogens is 988 g/mol. The first-order valence-electron chi connectivity index (χ1n) is 21.8. The quantitative estimate of drug-likeness (QED) is 0.154. The Morgan fingerprint density at radius 2 is 1.03 bits per heavy atom. The molecule has 0 aliphatic carbocycles. The van der Waals surface area contributed by atoms with Crippen molar-refractivity contribution in [3.8, 4) is 84.3 Å². The minimum absolute atomic E-state index is 0. The smallest absolute Gasteiger partial charge is 0.148 e. The molecule has 0 spiro atoms. The molecule has 6 heteroatoms. The van der Waals surface area contributed by atoms with Crippen LogP contribution in [0.25, 0.3) is 111 Å². The summed E-state index contributed by atoms with van der Waals surface area (Å²) in [5.74, 6) is 0.802. The molecule has 3 heterocycles. The van der Waals surface area contributed by atoms with Gasteiger partial charge in [0.2, 0.25) is 0 Å². The van der Waals surface area contributed by atoms with E-state index in [-0.39, 0.29) is 26.8 Å². The molecule has 3 aromatic heterocycles. The van der Waals surface area contributed by atoms with Crippen LogP contribution in [0.1, 0.15) is 0 Å². The second-order valence-corrected chi connectivity index (χ2v) is 16.2. The Morgan fingerprint density at radius 1 is 0.439 bits per heavy atom. The van der Waals surface area contributed by atoms with Crippen molar-refractivity contribution < 1.29 is 26.2 Å². The van der Waals surface area contributed by atoms with Gasteiger partial charge in [-0.1, -0.05) is 186 Å². The fourth-order valence-electron chi connectivity index (χ4n) is 9.37. The van der Waals surface area contributed by atoms with Crippen molar-refractivity contribution in [1.82, 2.24) is 19.1 Å². The number of aromatic nitrogens is 4. The van der Waals surface area contributed by atoms with E-state index in [2.05, 4.69) is 203 Å².